The lowest BCUT2D eigenvalue weighted by molar-refractivity contribution is 0.191. The van der Waals surface area contributed by atoms with E-state index in [0.29, 0.717) is 5.92 Å². The minimum Gasteiger partial charge on any atom is -0.385 e. The predicted octanol–water partition coefficient (Wildman–Crippen LogP) is 8.96. The Morgan fingerprint density at radius 1 is 0.727 bits per heavy atom. The molecule has 0 spiro atoms. The normalized spacial score (nSPS) is 13.6. The van der Waals surface area contributed by atoms with Crippen LogP contribution in [0.5, 0.6) is 0 Å². The highest BCUT2D eigenvalue weighted by Crippen LogP contribution is 2.35. The van der Waals surface area contributed by atoms with Gasteiger partial charge in [-0.1, -0.05) is 113 Å². The van der Waals surface area contributed by atoms with Crippen LogP contribution in [0.25, 0.3) is 11.1 Å². The summed E-state index contributed by atoms with van der Waals surface area (Å²) in [6.07, 6.45) is 15.0. The number of methoxy groups -OCH3 is 1. The highest BCUT2D eigenvalue weighted by molar-refractivity contribution is 5.67. The van der Waals surface area contributed by atoms with Gasteiger partial charge in [0.1, 0.15) is 0 Å². The summed E-state index contributed by atoms with van der Waals surface area (Å²) in [5.41, 5.74) is 4.25. The summed E-state index contributed by atoms with van der Waals surface area (Å²) in [5.74, 6) is 0.630. The van der Waals surface area contributed by atoms with E-state index in [-0.39, 0.29) is 0 Å². The van der Waals surface area contributed by atoms with Gasteiger partial charge in [0, 0.05) is 13.7 Å². The maximum absolute atomic E-state index is 5.24. The number of hydrogen-bond donors (Lipinski definition) is 0. The Morgan fingerprint density at radius 2 is 1.27 bits per heavy atom. The molecule has 33 heavy (non-hydrogen) atoms. The van der Waals surface area contributed by atoms with Crippen molar-refractivity contribution in [3.8, 4) is 11.1 Å². The van der Waals surface area contributed by atoms with Crippen LogP contribution in [0.3, 0.4) is 0 Å². The summed E-state index contributed by atoms with van der Waals surface area (Å²) in [7, 11) is 6.11. The smallest absolute Gasteiger partial charge is 0.0462 e. The molecule has 0 radical (unpaired) electrons. The molecule has 0 saturated heterocycles. The van der Waals surface area contributed by atoms with Crippen LogP contribution in [0.15, 0.2) is 54.6 Å². The lowest BCUT2D eigenvalue weighted by Gasteiger charge is -2.21. The maximum Gasteiger partial charge on any atom is 0.0462 e. The molecule has 0 aliphatic heterocycles. The van der Waals surface area contributed by atoms with Crippen LogP contribution in [0.1, 0.15) is 96.0 Å². The van der Waals surface area contributed by atoms with E-state index in [1.165, 1.54) is 87.4 Å². The van der Waals surface area contributed by atoms with Gasteiger partial charge < -0.3 is 9.64 Å². The molecule has 0 heterocycles. The molecule has 1 saturated carbocycles. The minimum absolute atomic E-state index is 0.630. The lowest BCUT2D eigenvalue weighted by Crippen LogP contribution is -2.13. The van der Waals surface area contributed by atoms with E-state index < -0.39 is 0 Å². The third-order valence-corrected chi connectivity index (χ3v) is 6.29. The van der Waals surface area contributed by atoms with Crippen LogP contribution in [0.2, 0.25) is 0 Å². The molecule has 0 aromatic heterocycles. The van der Waals surface area contributed by atoms with Crippen molar-refractivity contribution >= 4 is 0 Å². The van der Waals surface area contributed by atoms with Gasteiger partial charge in [-0.3, -0.25) is 0 Å². The molecule has 2 heteroatoms. The molecule has 0 amide bonds. The van der Waals surface area contributed by atoms with Crippen LogP contribution in [-0.2, 0) is 4.74 Å². The number of rotatable bonds is 12. The summed E-state index contributed by atoms with van der Waals surface area (Å²) in [6, 6.07) is 19.8. The van der Waals surface area contributed by atoms with Crippen molar-refractivity contribution in [1.82, 2.24) is 4.90 Å². The Labute approximate surface area is 205 Å². The first kappa shape index (κ1) is 29.4. The molecule has 1 unspecified atom stereocenters. The highest BCUT2D eigenvalue weighted by atomic mass is 16.5. The first-order chi connectivity index (χ1) is 16.2. The van der Waals surface area contributed by atoms with Gasteiger partial charge in [-0.2, -0.15) is 0 Å². The second kappa shape index (κ2) is 19.8. The fraction of sp³-hybridized carbons (Fsp3) is 0.613. The van der Waals surface area contributed by atoms with Gasteiger partial charge in [0.15, 0.2) is 0 Å². The summed E-state index contributed by atoms with van der Waals surface area (Å²) in [6.45, 7) is 6.05. The van der Waals surface area contributed by atoms with Crippen LogP contribution in [0.4, 0.5) is 0 Å². The summed E-state index contributed by atoms with van der Waals surface area (Å²) < 4.78 is 5.24. The van der Waals surface area contributed by atoms with Crippen molar-refractivity contribution in [2.45, 2.75) is 90.4 Å². The quantitative estimate of drug-likeness (QED) is 0.297. The van der Waals surface area contributed by atoms with E-state index in [4.69, 9.17) is 4.74 Å². The van der Waals surface area contributed by atoms with E-state index in [0.717, 1.165) is 13.0 Å². The second-order valence-electron chi connectivity index (χ2n) is 9.21. The zero-order valence-corrected chi connectivity index (χ0v) is 22.3. The van der Waals surface area contributed by atoms with E-state index in [1.54, 1.807) is 7.11 Å². The van der Waals surface area contributed by atoms with Crippen molar-refractivity contribution in [3.05, 3.63) is 60.2 Å². The average Bonchev–Trinajstić information content (AvgIpc) is 3.45. The van der Waals surface area contributed by atoms with Crippen LogP contribution in [-0.4, -0.2) is 39.3 Å². The molecule has 2 aromatic carbocycles. The van der Waals surface area contributed by atoms with Gasteiger partial charge in [0.05, 0.1) is 0 Å². The molecule has 1 aliphatic rings. The van der Waals surface area contributed by atoms with E-state index in [1.807, 2.05) is 13.8 Å². The average molecular weight is 454 g/mol. The van der Waals surface area contributed by atoms with Crippen molar-refractivity contribution in [2.24, 2.45) is 0 Å². The molecule has 1 aliphatic carbocycles. The molecular formula is C31H51NO. The summed E-state index contributed by atoms with van der Waals surface area (Å²) in [5, 5.41) is 0. The number of ether oxygens (including phenoxy) is 1. The zero-order valence-electron chi connectivity index (χ0n) is 22.3. The van der Waals surface area contributed by atoms with E-state index in [2.05, 4.69) is 73.6 Å². The summed E-state index contributed by atoms with van der Waals surface area (Å²) >= 11 is 0. The third kappa shape index (κ3) is 13.0. The fourth-order valence-corrected chi connectivity index (χ4v) is 4.53. The molecule has 186 valence electrons. The van der Waals surface area contributed by atoms with E-state index >= 15 is 0 Å². The Kier molecular flexibility index (Phi) is 17.6. The summed E-state index contributed by atoms with van der Waals surface area (Å²) in [4.78, 5) is 2.28. The molecule has 1 atom stereocenters. The first-order valence-corrected chi connectivity index (χ1v) is 13.5. The SMILES string of the molecule is C1CCCC1.CC.COCCCCC(CCCCN(C)C)c1ccccc1-c1ccccc1. The molecule has 2 nitrogen and oxygen atoms in total. The highest BCUT2D eigenvalue weighted by Gasteiger charge is 2.16. The number of benzene rings is 2. The van der Waals surface area contributed by atoms with Gasteiger partial charge in [-0.05, 0) is 68.9 Å². The van der Waals surface area contributed by atoms with Crippen LogP contribution >= 0.6 is 0 Å². The van der Waals surface area contributed by atoms with Crippen molar-refractivity contribution in [1.29, 1.82) is 0 Å². The number of hydrogen-bond acceptors (Lipinski definition) is 2. The van der Waals surface area contributed by atoms with Gasteiger partial charge in [-0.15, -0.1) is 0 Å². The molecule has 3 rings (SSSR count). The van der Waals surface area contributed by atoms with Gasteiger partial charge >= 0.3 is 0 Å². The van der Waals surface area contributed by atoms with Gasteiger partial charge in [0.25, 0.3) is 0 Å². The number of unbranched alkanes of at least 4 members (excludes halogenated alkanes) is 2. The maximum atomic E-state index is 5.24. The molecule has 2 aromatic rings. The molecule has 0 bridgehead atoms. The van der Waals surface area contributed by atoms with Gasteiger partial charge in [-0.25, -0.2) is 0 Å². The predicted molar refractivity (Wildman–Crippen MR) is 147 cm³/mol. The lowest BCUT2D eigenvalue weighted by atomic mass is 9.84. The Bertz CT molecular complexity index is 671. The fourth-order valence-electron chi connectivity index (χ4n) is 4.53. The first-order valence-electron chi connectivity index (χ1n) is 13.5. The minimum atomic E-state index is 0.630. The molecule has 0 N–H and O–H groups in total. The topological polar surface area (TPSA) is 12.5 Å². The van der Waals surface area contributed by atoms with Crippen molar-refractivity contribution < 1.29 is 4.74 Å². The Hall–Kier alpha value is -1.64. The van der Waals surface area contributed by atoms with Gasteiger partial charge in [0.2, 0.25) is 0 Å². The monoisotopic (exact) mass is 453 g/mol. The molecular weight excluding hydrogens is 402 g/mol. The third-order valence-electron chi connectivity index (χ3n) is 6.29. The van der Waals surface area contributed by atoms with Crippen molar-refractivity contribution in [3.63, 3.8) is 0 Å². The number of nitrogens with zero attached hydrogens (tertiary/aromatic N) is 1. The molecule has 1 fully saturated rings. The Morgan fingerprint density at radius 3 is 1.85 bits per heavy atom. The standard InChI is InChI=1S/C24H35NO.C5H10.C2H6/c1-25(2)19-11-9-15-22(16-10-12-20-26-3)24-18-8-7-17-23(24)21-13-5-4-6-14-21;1-2-4-5-3-1;1-2/h4-8,13-14,17-18,22H,9-12,15-16,19-20H2,1-3H3;1-5H2;1-2H3. The second-order valence-corrected chi connectivity index (χ2v) is 9.21. The zero-order chi connectivity index (χ0) is 24.2. The van der Waals surface area contributed by atoms with E-state index in [9.17, 15) is 0 Å². The van der Waals surface area contributed by atoms with Crippen LogP contribution in [0, 0.1) is 0 Å². The Balaban J connectivity index is 0.000000671. The van der Waals surface area contributed by atoms with Crippen LogP contribution < -0.4 is 0 Å². The van der Waals surface area contributed by atoms with Crippen molar-refractivity contribution in [2.75, 3.05) is 34.4 Å². The largest absolute Gasteiger partial charge is 0.385 e.